The van der Waals surface area contributed by atoms with Gasteiger partial charge in [0.1, 0.15) is 19.3 Å². The summed E-state index contributed by atoms with van der Waals surface area (Å²) in [6, 6.07) is 0. The quantitative estimate of drug-likeness (QED) is 0.0222. The molecule has 0 aromatic heterocycles. The molecule has 19 heteroatoms. The van der Waals surface area contributed by atoms with Crippen molar-refractivity contribution in [3.05, 3.63) is 0 Å². The molecule has 0 aliphatic heterocycles. The van der Waals surface area contributed by atoms with E-state index in [4.69, 9.17) is 37.0 Å². The molecule has 0 aliphatic carbocycles. The van der Waals surface area contributed by atoms with Crippen molar-refractivity contribution in [2.45, 2.75) is 490 Å². The molecule has 106 heavy (non-hydrogen) atoms. The minimum absolute atomic E-state index is 0.108. The van der Waals surface area contributed by atoms with Gasteiger partial charge < -0.3 is 33.8 Å². The number of aliphatic hydroxyl groups excluding tert-OH is 1. The zero-order chi connectivity index (χ0) is 77.6. The van der Waals surface area contributed by atoms with Crippen molar-refractivity contribution >= 4 is 39.5 Å². The fourth-order valence-corrected chi connectivity index (χ4v) is 15.2. The van der Waals surface area contributed by atoms with E-state index in [0.717, 1.165) is 95.8 Å². The number of rotatable bonds is 87. The molecule has 6 atom stereocenters. The van der Waals surface area contributed by atoms with Crippen LogP contribution in [0.1, 0.15) is 471 Å². The van der Waals surface area contributed by atoms with Crippen molar-refractivity contribution in [1.82, 2.24) is 0 Å². The predicted octanol–water partition coefficient (Wildman–Crippen LogP) is 26.8. The van der Waals surface area contributed by atoms with Crippen LogP contribution in [0.3, 0.4) is 0 Å². The Bertz CT molecular complexity index is 2020. The van der Waals surface area contributed by atoms with E-state index in [1.165, 1.54) is 295 Å². The zero-order valence-corrected chi connectivity index (χ0v) is 71.4. The third-order valence-electron chi connectivity index (χ3n) is 20.9. The summed E-state index contributed by atoms with van der Waals surface area (Å²) in [4.78, 5) is 73.3. The smallest absolute Gasteiger partial charge is 0.462 e. The van der Waals surface area contributed by atoms with Gasteiger partial charge in [-0.25, -0.2) is 9.13 Å². The number of ether oxygens (including phenoxy) is 4. The normalized spacial score (nSPS) is 14.0. The van der Waals surface area contributed by atoms with Gasteiger partial charge in [0.2, 0.25) is 0 Å². The molecule has 0 radical (unpaired) electrons. The molecular formula is C87H170O17P2. The van der Waals surface area contributed by atoms with E-state index < -0.39 is 97.5 Å². The van der Waals surface area contributed by atoms with Crippen LogP contribution in [0.25, 0.3) is 0 Å². The first-order chi connectivity index (χ1) is 51.6. The van der Waals surface area contributed by atoms with Gasteiger partial charge in [-0.3, -0.25) is 37.3 Å². The first-order valence-electron chi connectivity index (χ1n) is 45.2. The van der Waals surface area contributed by atoms with Gasteiger partial charge in [-0.05, 0) is 31.6 Å². The third kappa shape index (κ3) is 78.7. The first kappa shape index (κ1) is 104. The molecule has 0 heterocycles. The molecule has 0 fully saturated rings. The van der Waals surface area contributed by atoms with Gasteiger partial charge in [-0.1, -0.05) is 420 Å². The lowest BCUT2D eigenvalue weighted by Gasteiger charge is -2.21. The maximum absolute atomic E-state index is 13.2. The second kappa shape index (κ2) is 79.7. The Morgan fingerprint density at radius 1 is 0.264 bits per heavy atom. The van der Waals surface area contributed by atoms with Crippen molar-refractivity contribution in [1.29, 1.82) is 0 Å². The highest BCUT2D eigenvalue weighted by molar-refractivity contribution is 7.47. The minimum Gasteiger partial charge on any atom is -0.462 e. The minimum atomic E-state index is -4.97. The van der Waals surface area contributed by atoms with Gasteiger partial charge in [0, 0.05) is 25.7 Å². The van der Waals surface area contributed by atoms with Crippen LogP contribution in [-0.2, 0) is 65.4 Å². The monoisotopic (exact) mass is 1550 g/mol. The Hall–Kier alpha value is -1.94. The molecule has 0 saturated heterocycles. The van der Waals surface area contributed by atoms with Crippen LogP contribution in [-0.4, -0.2) is 96.7 Å². The second-order valence-corrected chi connectivity index (χ2v) is 34.4. The highest BCUT2D eigenvalue weighted by Crippen LogP contribution is 2.45. The summed E-state index contributed by atoms with van der Waals surface area (Å²) < 4.78 is 69.0. The number of hydrogen-bond acceptors (Lipinski definition) is 15. The van der Waals surface area contributed by atoms with E-state index in [1.807, 2.05) is 0 Å². The molecule has 0 amide bonds. The largest absolute Gasteiger partial charge is 0.472 e. The second-order valence-electron chi connectivity index (χ2n) is 31.5. The van der Waals surface area contributed by atoms with Crippen LogP contribution in [0.2, 0.25) is 0 Å². The van der Waals surface area contributed by atoms with Crippen molar-refractivity contribution < 1.29 is 80.2 Å². The van der Waals surface area contributed by atoms with Crippen molar-refractivity contribution in [2.75, 3.05) is 39.6 Å². The first-order valence-corrected chi connectivity index (χ1v) is 48.2. The lowest BCUT2D eigenvalue weighted by atomic mass is 9.99. The number of carbonyl (C=O) groups is 4. The number of unbranched alkanes of at least 4 members (excludes halogenated alkanes) is 58. The van der Waals surface area contributed by atoms with Crippen molar-refractivity contribution in [3.8, 4) is 0 Å². The van der Waals surface area contributed by atoms with Gasteiger partial charge in [0.05, 0.1) is 26.4 Å². The maximum atomic E-state index is 13.2. The van der Waals surface area contributed by atoms with Crippen LogP contribution in [0.5, 0.6) is 0 Å². The summed E-state index contributed by atoms with van der Waals surface area (Å²) in [5.41, 5.74) is 0. The standard InChI is InChI=1S/C87H170O17P2/c1-6-10-13-16-19-22-25-28-31-33-35-36-37-39-42-45-48-51-58-63-68-73-86(91)103-82(76-97-84(89)70-65-60-55-49-46-43-41-38-34-32-29-26-23-20-17-14-11-7-2)78-101-105(93,94)99-74-81(88)75-100-106(95,96)102-79-83(77-98-85(90)71-66-61-56-53-52-54-59-64-69-80(5)9-4)104-87(92)72-67-62-57-50-47-44-40-30-27-24-21-18-15-12-8-3/h80-83,88H,6-79H2,1-5H3,(H,93,94)(H,95,96)/t80?,81-,82-,83-/m1/s1. The number of aliphatic hydroxyl groups is 1. The maximum Gasteiger partial charge on any atom is 0.472 e. The van der Waals surface area contributed by atoms with E-state index in [9.17, 15) is 43.2 Å². The summed E-state index contributed by atoms with van der Waals surface area (Å²) in [6.45, 7) is 7.38. The highest BCUT2D eigenvalue weighted by atomic mass is 31.2. The molecule has 0 spiro atoms. The predicted molar refractivity (Wildman–Crippen MR) is 437 cm³/mol. The molecule has 0 saturated carbocycles. The summed E-state index contributed by atoms with van der Waals surface area (Å²) in [7, 11) is -9.93. The van der Waals surface area contributed by atoms with Crippen LogP contribution < -0.4 is 0 Å². The van der Waals surface area contributed by atoms with E-state index in [-0.39, 0.29) is 25.7 Å². The molecule has 17 nitrogen and oxygen atoms in total. The molecule has 0 rings (SSSR count). The summed E-state index contributed by atoms with van der Waals surface area (Å²) in [6.07, 6.45) is 73.6. The fourth-order valence-electron chi connectivity index (χ4n) is 13.6. The zero-order valence-electron chi connectivity index (χ0n) is 69.6. The van der Waals surface area contributed by atoms with Gasteiger partial charge >= 0.3 is 39.5 Å². The number of phosphoric acid groups is 2. The average Bonchev–Trinajstić information content (AvgIpc) is 0.901. The topological polar surface area (TPSA) is 237 Å². The molecule has 3 N–H and O–H groups in total. The van der Waals surface area contributed by atoms with Gasteiger partial charge in [0.15, 0.2) is 12.2 Å². The van der Waals surface area contributed by atoms with Crippen LogP contribution >= 0.6 is 15.6 Å². The molecule has 0 aromatic rings. The lowest BCUT2D eigenvalue weighted by Crippen LogP contribution is -2.30. The Kier molecular flexibility index (Phi) is 78.2. The van der Waals surface area contributed by atoms with Gasteiger partial charge in [0.25, 0.3) is 0 Å². The Morgan fingerprint density at radius 3 is 0.670 bits per heavy atom. The Morgan fingerprint density at radius 2 is 0.453 bits per heavy atom. The number of carbonyl (C=O) groups excluding carboxylic acids is 4. The average molecular weight is 1550 g/mol. The number of esters is 4. The Balaban J connectivity index is 5.25. The summed E-state index contributed by atoms with van der Waals surface area (Å²) in [5.74, 6) is -1.32. The van der Waals surface area contributed by atoms with Crippen LogP contribution in [0.15, 0.2) is 0 Å². The van der Waals surface area contributed by atoms with Crippen LogP contribution in [0.4, 0.5) is 0 Å². The van der Waals surface area contributed by atoms with Crippen LogP contribution in [0, 0.1) is 5.92 Å². The molecule has 3 unspecified atom stereocenters. The molecular weight excluding hydrogens is 1380 g/mol. The van der Waals surface area contributed by atoms with E-state index in [1.54, 1.807) is 0 Å². The fraction of sp³-hybridized carbons (Fsp3) is 0.954. The summed E-state index contributed by atoms with van der Waals surface area (Å²) in [5, 5.41) is 10.7. The van der Waals surface area contributed by atoms with E-state index in [0.29, 0.717) is 25.7 Å². The molecule has 0 bridgehead atoms. The third-order valence-corrected chi connectivity index (χ3v) is 22.8. The van der Waals surface area contributed by atoms with Gasteiger partial charge in [-0.2, -0.15) is 0 Å². The lowest BCUT2D eigenvalue weighted by molar-refractivity contribution is -0.161. The number of hydrogen-bond donors (Lipinski definition) is 3. The molecule has 0 aromatic carbocycles. The highest BCUT2D eigenvalue weighted by Gasteiger charge is 2.30. The van der Waals surface area contributed by atoms with E-state index in [2.05, 4.69) is 34.6 Å². The summed E-state index contributed by atoms with van der Waals surface area (Å²) >= 11 is 0. The molecule has 630 valence electrons. The Labute approximate surface area is 651 Å². The van der Waals surface area contributed by atoms with Gasteiger partial charge in [-0.15, -0.1) is 0 Å². The SMILES string of the molecule is CCCCCCCCCCCCCCCCCCCCCCCC(=O)O[C@H](COC(=O)CCCCCCCCCCCCCCCCCCCC)COP(=O)(O)OC[C@@H](O)COP(=O)(O)OC[C@@H](COC(=O)CCCCCCCCCCC(C)CC)OC(=O)CCCCCCCCCCCCCCCCC. The number of phosphoric ester groups is 2. The van der Waals surface area contributed by atoms with E-state index >= 15 is 0 Å². The van der Waals surface area contributed by atoms with Crippen molar-refractivity contribution in [2.24, 2.45) is 5.92 Å². The molecule has 0 aliphatic rings. The van der Waals surface area contributed by atoms with Crippen molar-refractivity contribution in [3.63, 3.8) is 0 Å².